The molecule has 54 valence electrons. The van der Waals surface area contributed by atoms with E-state index in [2.05, 4.69) is 0 Å². The molecule has 0 aliphatic heterocycles. The van der Waals surface area contributed by atoms with Gasteiger partial charge in [-0.25, -0.2) is 5.48 Å². The fourth-order valence-electron chi connectivity index (χ4n) is 0.290. The van der Waals surface area contributed by atoms with Crippen LogP contribution in [0.4, 0.5) is 0 Å². The third-order valence-electron chi connectivity index (χ3n) is 0.659. The van der Waals surface area contributed by atoms with Crippen molar-refractivity contribution in [2.75, 3.05) is 0 Å². The van der Waals surface area contributed by atoms with Gasteiger partial charge in [-0.2, -0.15) is 0 Å². The second-order valence-corrected chi connectivity index (χ2v) is 1.36. The largest absolute Gasteiger partial charge is 0.299 e. The number of amides is 1. The molecule has 1 amide bonds. The molecule has 0 atom stereocenters. The van der Waals surface area contributed by atoms with Crippen molar-refractivity contribution in [3.05, 3.63) is 24.3 Å². The minimum absolute atomic E-state index is 0.585. The molecule has 0 fully saturated rings. The van der Waals surface area contributed by atoms with E-state index in [-0.39, 0.29) is 0 Å². The lowest BCUT2D eigenvalue weighted by Gasteiger charge is -1.83. The third-order valence-corrected chi connectivity index (χ3v) is 0.659. The molecule has 0 saturated heterocycles. The Kier molecular flexibility index (Phi) is 4.90. The van der Waals surface area contributed by atoms with Gasteiger partial charge in [-0.05, 0) is 6.08 Å². The topological polar surface area (TPSA) is 66.4 Å². The van der Waals surface area contributed by atoms with Gasteiger partial charge in [0, 0.05) is 6.08 Å². The molecule has 0 aromatic rings. The number of carbonyl (C=O) groups excluding carboxylic acids is 2. The van der Waals surface area contributed by atoms with E-state index in [1.165, 1.54) is 23.7 Å². The maximum absolute atomic E-state index is 10.2. The van der Waals surface area contributed by atoms with Crippen LogP contribution in [0.2, 0.25) is 0 Å². The molecule has 10 heavy (non-hydrogen) atoms. The molecule has 4 heteroatoms. The first-order chi connectivity index (χ1) is 4.81. The molecule has 0 bridgehead atoms. The Bertz CT molecular complexity index is 172. The molecule has 0 aromatic heterocycles. The van der Waals surface area contributed by atoms with Crippen molar-refractivity contribution >= 4 is 12.2 Å². The number of nitrogens with one attached hydrogen (secondary N) is 1. The summed E-state index contributed by atoms with van der Waals surface area (Å²) in [6, 6.07) is 0. The Morgan fingerprint density at radius 2 is 2.00 bits per heavy atom. The summed E-state index contributed by atoms with van der Waals surface area (Å²) in [7, 11) is 0. The molecule has 0 heterocycles. The Morgan fingerprint density at radius 3 is 2.50 bits per heavy atom. The Labute approximate surface area is 57.8 Å². The van der Waals surface area contributed by atoms with Crippen molar-refractivity contribution in [3.8, 4) is 0 Å². The van der Waals surface area contributed by atoms with E-state index in [0.717, 1.165) is 6.08 Å². The zero-order valence-corrected chi connectivity index (χ0v) is 5.15. The molecule has 0 spiro atoms. The van der Waals surface area contributed by atoms with E-state index in [0.29, 0.717) is 6.29 Å². The van der Waals surface area contributed by atoms with Crippen LogP contribution < -0.4 is 5.48 Å². The summed E-state index contributed by atoms with van der Waals surface area (Å²) in [5.74, 6) is -0.629. The van der Waals surface area contributed by atoms with E-state index in [9.17, 15) is 9.59 Å². The smallest absolute Gasteiger partial charge is 0.267 e. The number of hydrogen-bond donors (Lipinski definition) is 2. The first-order valence-corrected chi connectivity index (χ1v) is 2.54. The zero-order chi connectivity index (χ0) is 7.82. The standard InChI is InChI=1S/C6H7NO3/c8-5-3-1-2-4-6(9)7-10/h1-5,10H,(H,7,9). The van der Waals surface area contributed by atoms with Gasteiger partial charge in [-0.3, -0.25) is 14.8 Å². The average molecular weight is 141 g/mol. The molecular weight excluding hydrogens is 134 g/mol. The predicted octanol–water partition coefficient (Wildman–Crippen LogP) is -0.197. The van der Waals surface area contributed by atoms with E-state index in [4.69, 9.17) is 5.21 Å². The molecule has 0 radical (unpaired) electrons. The van der Waals surface area contributed by atoms with Crippen LogP contribution >= 0.6 is 0 Å². The lowest BCUT2D eigenvalue weighted by molar-refractivity contribution is -0.124. The second kappa shape index (κ2) is 5.71. The van der Waals surface area contributed by atoms with Crippen LogP contribution in [-0.4, -0.2) is 17.4 Å². The third kappa shape index (κ3) is 4.73. The molecule has 0 aromatic carbocycles. The Balaban J connectivity index is 3.65. The van der Waals surface area contributed by atoms with Crippen molar-refractivity contribution in [1.82, 2.24) is 5.48 Å². The van der Waals surface area contributed by atoms with Crippen molar-refractivity contribution in [1.29, 1.82) is 0 Å². The van der Waals surface area contributed by atoms with Gasteiger partial charge in [0.2, 0.25) is 0 Å². The summed E-state index contributed by atoms with van der Waals surface area (Å²) in [5, 5.41) is 7.95. The summed E-state index contributed by atoms with van der Waals surface area (Å²) in [4.78, 5) is 19.9. The lowest BCUT2D eigenvalue weighted by Crippen LogP contribution is -2.14. The minimum Gasteiger partial charge on any atom is -0.299 e. The molecule has 4 nitrogen and oxygen atoms in total. The van der Waals surface area contributed by atoms with Crippen LogP contribution in [0.3, 0.4) is 0 Å². The summed E-state index contributed by atoms with van der Waals surface area (Å²) < 4.78 is 0. The van der Waals surface area contributed by atoms with Crippen molar-refractivity contribution in [2.24, 2.45) is 0 Å². The minimum atomic E-state index is -0.629. The highest BCUT2D eigenvalue weighted by Crippen LogP contribution is 1.74. The first kappa shape index (κ1) is 8.58. The fraction of sp³-hybridized carbons (Fsp3) is 0. The van der Waals surface area contributed by atoms with Gasteiger partial charge in [-0.15, -0.1) is 0 Å². The number of aldehydes is 1. The zero-order valence-electron chi connectivity index (χ0n) is 5.15. The summed E-state index contributed by atoms with van der Waals surface area (Å²) >= 11 is 0. The monoisotopic (exact) mass is 141 g/mol. The number of carbonyl (C=O) groups is 2. The lowest BCUT2D eigenvalue weighted by atomic mass is 10.4. The Morgan fingerprint density at radius 1 is 1.30 bits per heavy atom. The van der Waals surface area contributed by atoms with Crippen LogP contribution in [-0.2, 0) is 9.59 Å². The normalized spacial score (nSPS) is 10.5. The Hall–Kier alpha value is -1.42. The molecule has 0 aliphatic carbocycles. The molecule has 0 saturated carbocycles. The van der Waals surface area contributed by atoms with Gasteiger partial charge in [-0.1, -0.05) is 12.2 Å². The van der Waals surface area contributed by atoms with Crippen LogP contribution in [0.15, 0.2) is 24.3 Å². The van der Waals surface area contributed by atoms with Gasteiger partial charge in [0.25, 0.3) is 5.91 Å². The maximum atomic E-state index is 10.2. The summed E-state index contributed by atoms with van der Waals surface area (Å²) in [6.45, 7) is 0. The number of hydroxylamine groups is 1. The molecule has 2 N–H and O–H groups in total. The highest BCUT2D eigenvalue weighted by atomic mass is 16.5. The van der Waals surface area contributed by atoms with E-state index >= 15 is 0 Å². The predicted molar refractivity (Wildman–Crippen MR) is 34.3 cm³/mol. The van der Waals surface area contributed by atoms with Gasteiger partial charge in [0.05, 0.1) is 0 Å². The fourth-order valence-corrected chi connectivity index (χ4v) is 0.290. The molecule has 0 rings (SSSR count). The van der Waals surface area contributed by atoms with Crippen LogP contribution in [0.5, 0.6) is 0 Å². The van der Waals surface area contributed by atoms with Gasteiger partial charge in [0.1, 0.15) is 6.29 Å². The van der Waals surface area contributed by atoms with Crippen molar-refractivity contribution in [3.63, 3.8) is 0 Å². The number of hydrogen-bond acceptors (Lipinski definition) is 3. The van der Waals surface area contributed by atoms with E-state index in [1.807, 2.05) is 0 Å². The molecular formula is C6H7NO3. The van der Waals surface area contributed by atoms with E-state index < -0.39 is 5.91 Å². The van der Waals surface area contributed by atoms with Crippen LogP contribution in [0.1, 0.15) is 0 Å². The van der Waals surface area contributed by atoms with E-state index in [1.54, 1.807) is 0 Å². The average Bonchev–Trinajstić information content (AvgIpc) is 1.98. The summed E-state index contributed by atoms with van der Waals surface area (Å²) in [6.07, 6.45) is 5.60. The SMILES string of the molecule is O=CC=CC=CC(=O)NO. The number of rotatable bonds is 3. The van der Waals surface area contributed by atoms with Gasteiger partial charge in [0.15, 0.2) is 0 Å². The molecule has 0 unspecified atom stereocenters. The highest BCUT2D eigenvalue weighted by molar-refractivity contribution is 5.86. The highest BCUT2D eigenvalue weighted by Gasteiger charge is 1.84. The summed E-state index contributed by atoms with van der Waals surface area (Å²) in [5.41, 5.74) is 1.39. The van der Waals surface area contributed by atoms with Crippen molar-refractivity contribution in [2.45, 2.75) is 0 Å². The van der Waals surface area contributed by atoms with Gasteiger partial charge < -0.3 is 0 Å². The molecule has 0 aliphatic rings. The van der Waals surface area contributed by atoms with Crippen LogP contribution in [0.25, 0.3) is 0 Å². The quantitative estimate of drug-likeness (QED) is 0.188. The first-order valence-electron chi connectivity index (χ1n) is 2.54. The van der Waals surface area contributed by atoms with Crippen molar-refractivity contribution < 1.29 is 14.8 Å². The second-order valence-electron chi connectivity index (χ2n) is 1.36. The number of allylic oxidation sites excluding steroid dienone is 3. The maximum Gasteiger partial charge on any atom is 0.267 e. The van der Waals surface area contributed by atoms with Crippen LogP contribution in [0, 0.1) is 0 Å². The van der Waals surface area contributed by atoms with Gasteiger partial charge >= 0.3 is 0 Å².